The predicted molar refractivity (Wildman–Crippen MR) is 63.7 cm³/mol. The summed E-state index contributed by atoms with van der Waals surface area (Å²) in [5.74, 6) is -0.413. The maximum atomic E-state index is 12.0. The van der Waals surface area contributed by atoms with Crippen molar-refractivity contribution in [2.45, 2.75) is 6.04 Å². The molecule has 1 aromatic heterocycles. The number of pyridine rings is 1. The zero-order valence-electron chi connectivity index (χ0n) is 10.4. The number of methoxy groups -OCH3 is 1. The lowest BCUT2D eigenvalue weighted by molar-refractivity contribution is -0.141. The Morgan fingerprint density at radius 2 is 2.39 bits per heavy atom. The maximum absolute atomic E-state index is 12.0. The average molecular weight is 249 g/mol. The van der Waals surface area contributed by atoms with Crippen LogP contribution in [0.3, 0.4) is 0 Å². The maximum Gasteiger partial charge on any atom is 0.325 e. The van der Waals surface area contributed by atoms with E-state index >= 15 is 0 Å². The number of carbonyl (C=O) groups is 2. The van der Waals surface area contributed by atoms with Crippen LogP contribution in [-0.4, -0.2) is 54.0 Å². The molecule has 0 bridgehead atoms. The Hall–Kier alpha value is -2.11. The fourth-order valence-electron chi connectivity index (χ4n) is 2.02. The molecule has 0 spiro atoms. The Morgan fingerprint density at radius 1 is 1.61 bits per heavy atom. The quantitative estimate of drug-likeness (QED) is 0.738. The SMILES string of the molecule is COC(=O)CN1CC(c2cccnc2)N(C)C1=O. The van der Waals surface area contributed by atoms with Gasteiger partial charge < -0.3 is 14.5 Å². The Kier molecular flexibility index (Phi) is 3.45. The van der Waals surface area contributed by atoms with Crippen molar-refractivity contribution in [1.82, 2.24) is 14.8 Å². The minimum Gasteiger partial charge on any atom is -0.468 e. The highest BCUT2D eigenvalue weighted by atomic mass is 16.5. The van der Waals surface area contributed by atoms with Crippen molar-refractivity contribution in [2.24, 2.45) is 0 Å². The first-order valence-corrected chi connectivity index (χ1v) is 5.62. The normalized spacial score (nSPS) is 19.2. The van der Waals surface area contributed by atoms with Gasteiger partial charge in [0.2, 0.25) is 0 Å². The third-order valence-corrected chi connectivity index (χ3v) is 3.05. The number of amides is 2. The minimum absolute atomic E-state index is 0.0174. The van der Waals surface area contributed by atoms with Crippen molar-refractivity contribution in [1.29, 1.82) is 0 Å². The predicted octanol–water partition coefficient (Wildman–Crippen LogP) is 0.663. The molecule has 1 saturated heterocycles. The molecule has 6 heteroatoms. The number of rotatable bonds is 3. The Balaban J connectivity index is 2.12. The van der Waals surface area contributed by atoms with E-state index in [9.17, 15) is 9.59 Å². The molecule has 2 heterocycles. The second-order valence-electron chi connectivity index (χ2n) is 4.15. The van der Waals surface area contributed by atoms with Crippen molar-refractivity contribution in [2.75, 3.05) is 27.2 Å². The highest BCUT2D eigenvalue weighted by Crippen LogP contribution is 2.27. The topological polar surface area (TPSA) is 62.7 Å². The molecule has 18 heavy (non-hydrogen) atoms. The van der Waals surface area contributed by atoms with Crippen LogP contribution in [0.2, 0.25) is 0 Å². The first kappa shape index (κ1) is 12.3. The highest BCUT2D eigenvalue weighted by Gasteiger charge is 2.36. The first-order valence-electron chi connectivity index (χ1n) is 5.62. The molecule has 1 aliphatic heterocycles. The Labute approximate surface area is 105 Å². The molecule has 0 aromatic carbocycles. The molecular weight excluding hydrogens is 234 g/mol. The van der Waals surface area contributed by atoms with Gasteiger partial charge in [0.05, 0.1) is 13.2 Å². The molecule has 1 unspecified atom stereocenters. The number of urea groups is 1. The van der Waals surface area contributed by atoms with E-state index in [2.05, 4.69) is 9.72 Å². The summed E-state index contributed by atoms with van der Waals surface area (Å²) >= 11 is 0. The van der Waals surface area contributed by atoms with Crippen LogP contribution in [0.1, 0.15) is 11.6 Å². The van der Waals surface area contributed by atoms with E-state index in [4.69, 9.17) is 0 Å². The van der Waals surface area contributed by atoms with Crippen LogP contribution in [-0.2, 0) is 9.53 Å². The van der Waals surface area contributed by atoms with E-state index in [0.717, 1.165) is 5.56 Å². The van der Waals surface area contributed by atoms with Gasteiger partial charge in [-0.2, -0.15) is 0 Å². The van der Waals surface area contributed by atoms with Crippen molar-refractivity contribution < 1.29 is 14.3 Å². The van der Waals surface area contributed by atoms with Crippen LogP contribution in [0.5, 0.6) is 0 Å². The first-order chi connectivity index (χ1) is 8.63. The van der Waals surface area contributed by atoms with E-state index in [1.165, 1.54) is 12.0 Å². The van der Waals surface area contributed by atoms with Gasteiger partial charge in [0.1, 0.15) is 6.54 Å². The number of hydrogen-bond donors (Lipinski definition) is 0. The lowest BCUT2D eigenvalue weighted by Crippen LogP contribution is -2.34. The number of esters is 1. The molecule has 1 atom stereocenters. The van der Waals surface area contributed by atoms with Crippen LogP contribution in [0.25, 0.3) is 0 Å². The van der Waals surface area contributed by atoms with E-state index in [1.807, 2.05) is 12.1 Å². The van der Waals surface area contributed by atoms with Crippen LogP contribution in [0.4, 0.5) is 4.79 Å². The van der Waals surface area contributed by atoms with Gasteiger partial charge in [-0.3, -0.25) is 9.78 Å². The summed E-state index contributed by atoms with van der Waals surface area (Å²) < 4.78 is 4.57. The van der Waals surface area contributed by atoms with Gasteiger partial charge in [-0.25, -0.2) is 4.79 Å². The zero-order valence-corrected chi connectivity index (χ0v) is 10.4. The van der Waals surface area contributed by atoms with Crippen LogP contribution < -0.4 is 0 Å². The summed E-state index contributed by atoms with van der Waals surface area (Å²) in [5.41, 5.74) is 0.959. The minimum atomic E-state index is -0.413. The summed E-state index contributed by atoms with van der Waals surface area (Å²) in [6.07, 6.45) is 3.42. The summed E-state index contributed by atoms with van der Waals surface area (Å²) in [5, 5.41) is 0. The summed E-state index contributed by atoms with van der Waals surface area (Å²) in [7, 11) is 3.03. The van der Waals surface area contributed by atoms with E-state index in [1.54, 1.807) is 24.3 Å². The van der Waals surface area contributed by atoms with Gasteiger partial charge in [0.25, 0.3) is 0 Å². The van der Waals surface area contributed by atoms with Gasteiger partial charge in [-0.15, -0.1) is 0 Å². The number of nitrogens with zero attached hydrogens (tertiary/aromatic N) is 3. The van der Waals surface area contributed by atoms with Gasteiger partial charge in [-0.05, 0) is 11.6 Å². The van der Waals surface area contributed by atoms with Crippen LogP contribution in [0, 0.1) is 0 Å². The number of carbonyl (C=O) groups excluding carboxylic acids is 2. The van der Waals surface area contributed by atoms with Gasteiger partial charge >= 0.3 is 12.0 Å². The molecule has 1 aliphatic rings. The zero-order chi connectivity index (χ0) is 13.1. The number of likely N-dealkylation sites (N-methyl/N-ethyl adjacent to an activating group) is 1. The highest BCUT2D eigenvalue weighted by molar-refractivity contribution is 5.82. The second kappa shape index (κ2) is 5.03. The van der Waals surface area contributed by atoms with Crippen molar-refractivity contribution in [3.8, 4) is 0 Å². The van der Waals surface area contributed by atoms with Crippen LogP contribution in [0.15, 0.2) is 24.5 Å². The van der Waals surface area contributed by atoms with Crippen molar-refractivity contribution >= 4 is 12.0 Å². The fraction of sp³-hybridized carbons (Fsp3) is 0.417. The number of ether oxygens (including phenoxy) is 1. The number of hydrogen-bond acceptors (Lipinski definition) is 4. The van der Waals surface area contributed by atoms with Crippen molar-refractivity contribution in [3.63, 3.8) is 0 Å². The monoisotopic (exact) mass is 249 g/mol. The molecule has 1 aromatic rings. The molecule has 0 radical (unpaired) electrons. The smallest absolute Gasteiger partial charge is 0.325 e. The lowest BCUT2D eigenvalue weighted by Gasteiger charge is -2.17. The van der Waals surface area contributed by atoms with Crippen molar-refractivity contribution in [3.05, 3.63) is 30.1 Å². The molecule has 2 amide bonds. The van der Waals surface area contributed by atoms with E-state index in [0.29, 0.717) is 6.54 Å². The van der Waals surface area contributed by atoms with Crippen LogP contribution >= 0.6 is 0 Å². The lowest BCUT2D eigenvalue weighted by atomic mass is 10.1. The summed E-state index contributed by atoms with van der Waals surface area (Å²) in [4.78, 5) is 30.3. The molecule has 1 fully saturated rings. The summed E-state index contributed by atoms with van der Waals surface area (Å²) in [6.45, 7) is 0.451. The molecule has 2 rings (SSSR count). The van der Waals surface area contributed by atoms with Gasteiger partial charge in [0, 0.05) is 26.0 Å². The largest absolute Gasteiger partial charge is 0.468 e. The second-order valence-corrected chi connectivity index (χ2v) is 4.15. The number of aromatic nitrogens is 1. The molecule has 96 valence electrons. The van der Waals surface area contributed by atoms with Gasteiger partial charge in [-0.1, -0.05) is 6.07 Å². The third-order valence-electron chi connectivity index (χ3n) is 3.05. The van der Waals surface area contributed by atoms with E-state index < -0.39 is 5.97 Å². The van der Waals surface area contributed by atoms with Gasteiger partial charge in [0.15, 0.2) is 0 Å². The molecule has 0 aliphatic carbocycles. The molecule has 6 nitrogen and oxygen atoms in total. The molecular formula is C12H15N3O3. The summed E-state index contributed by atoms with van der Waals surface area (Å²) in [6, 6.07) is 3.50. The Bertz CT molecular complexity index is 449. The van der Waals surface area contributed by atoms with E-state index in [-0.39, 0.29) is 18.6 Å². The Morgan fingerprint density at radius 3 is 3.00 bits per heavy atom. The third kappa shape index (κ3) is 2.27. The molecule has 0 N–H and O–H groups in total. The average Bonchev–Trinajstić information content (AvgIpc) is 2.68. The standard InChI is InChI=1S/C12H15N3O3/c1-14-10(9-4-3-5-13-6-9)7-15(12(14)17)8-11(16)18-2/h3-6,10H,7-8H2,1-2H3. The fourth-order valence-corrected chi connectivity index (χ4v) is 2.02. The molecule has 0 saturated carbocycles.